The summed E-state index contributed by atoms with van der Waals surface area (Å²) in [6.07, 6.45) is 6.39. The highest BCUT2D eigenvalue weighted by Crippen LogP contribution is 2.08. The van der Waals surface area contributed by atoms with E-state index in [1.54, 1.807) is 35.9 Å². The quantitative estimate of drug-likeness (QED) is 0.743. The number of aromatic nitrogens is 2. The number of hydrogen-bond donors (Lipinski definition) is 1. The van der Waals surface area contributed by atoms with Crippen molar-refractivity contribution in [1.82, 2.24) is 9.97 Å². The molecule has 104 valence electrons. The number of H-pyrrole nitrogens is 1. The van der Waals surface area contributed by atoms with Crippen molar-refractivity contribution in [3.05, 3.63) is 72.0 Å². The van der Waals surface area contributed by atoms with Crippen molar-refractivity contribution in [3.63, 3.8) is 0 Å². The van der Waals surface area contributed by atoms with E-state index in [1.807, 2.05) is 23.6 Å². The highest BCUT2D eigenvalue weighted by atomic mass is 32.1. The van der Waals surface area contributed by atoms with Crippen LogP contribution in [-0.4, -0.2) is 15.8 Å². The molecule has 6 heteroatoms. The van der Waals surface area contributed by atoms with Crippen LogP contribution in [0.15, 0.2) is 46.8 Å². The normalized spacial score (nSPS) is 12.8. The van der Waals surface area contributed by atoms with E-state index in [9.17, 15) is 9.59 Å². The lowest BCUT2D eigenvalue weighted by atomic mass is 10.2. The van der Waals surface area contributed by atoms with E-state index >= 15 is 0 Å². The average molecular weight is 314 g/mol. The molecular formula is C15H10N2O2S2. The minimum Gasteiger partial charge on any atom is -0.313 e. The first-order valence-electron chi connectivity index (χ1n) is 6.13. The Balaban J connectivity index is 2.00. The van der Waals surface area contributed by atoms with Gasteiger partial charge in [0.1, 0.15) is 0 Å². The molecule has 3 aromatic rings. The summed E-state index contributed by atoms with van der Waals surface area (Å²) in [7, 11) is 0. The van der Waals surface area contributed by atoms with Crippen LogP contribution in [0, 0.1) is 0 Å². The highest BCUT2D eigenvalue weighted by Gasteiger charge is 2.02. The summed E-state index contributed by atoms with van der Waals surface area (Å²) in [6, 6.07) is 7.15. The van der Waals surface area contributed by atoms with Crippen LogP contribution in [0.5, 0.6) is 0 Å². The van der Waals surface area contributed by atoms with Crippen molar-refractivity contribution < 1.29 is 4.79 Å². The minimum absolute atomic E-state index is 0.155. The molecule has 3 heterocycles. The Morgan fingerprint density at radius 3 is 2.76 bits per heavy atom. The standard InChI is InChI=1S/C15H10N2O2S2/c18-12(10-3-5-16-6-4-10)9-14-17-15(19)13(21-14)8-11-2-1-7-20-11/h1-9H,(H,17,19)/b13-8-,14-9-. The molecule has 0 atom stereocenters. The summed E-state index contributed by atoms with van der Waals surface area (Å²) < 4.78 is 1.14. The number of ketones is 1. The van der Waals surface area contributed by atoms with Crippen molar-refractivity contribution in [2.24, 2.45) is 0 Å². The number of carbonyl (C=O) groups is 1. The number of nitrogens with zero attached hydrogens (tertiary/aromatic N) is 1. The molecule has 0 bridgehead atoms. The van der Waals surface area contributed by atoms with E-state index in [0.717, 1.165) is 4.88 Å². The van der Waals surface area contributed by atoms with Crippen LogP contribution >= 0.6 is 22.7 Å². The second kappa shape index (κ2) is 5.99. The SMILES string of the molecule is O=C(/C=c1/[nH]c(=O)/c(=C/c2cccs2)s1)c1ccncc1. The fourth-order valence-electron chi connectivity index (χ4n) is 1.75. The van der Waals surface area contributed by atoms with E-state index in [-0.39, 0.29) is 11.3 Å². The Morgan fingerprint density at radius 2 is 2.05 bits per heavy atom. The Morgan fingerprint density at radius 1 is 1.24 bits per heavy atom. The fourth-order valence-corrected chi connectivity index (χ4v) is 3.35. The Labute approximate surface area is 127 Å². The Kier molecular flexibility index (Phi) is 3.89. The maximum Gasteiger partial charge on any atom is 0.266 e. The number of nitrogens with one attached hydrogen (secondary N) is 1. The van der Waals surface area contributed by atoms with E-state index in [1.165, 1.54) is 17.4 Å². The molecule has 0 amide bonds. The molecule has 0 aliphatic heterocycles. The summed E-state index contributed by atoms with van der Waals surface area (Å²) >= 11 is 2.83. The van der Waals surface area contributed by atoms with Gasteiger partial charge < -0.3 is 4.98 Å². The molecule has 0 spiro atoms. The summed E-state index contributed by atoms with van der Waals surface area (Å²) in [5, 5.41) is 1.95. The number of hydrogen-bond acceptors (Lipinski definition) is 5. The lowest BCUT2D eigenvalue weighted by molar-refractivity contribution is 0.106. The van der Waals surface area contributed by atoms with Gasteiger partial charge in [-0.05, 0) is 29.7 Å². The first-order chi connectivity index (χ1) is 10.2. The summed E-state index contributed by atoms with van der Waals surface area (Å²) in [6.45, 7) is 0. The summed E-state index contributed by atoms with van der Waals surface area (Å²) in [5.74, 6) is -0.155. The zero-order valence-electron chi connectivity index (χ0n) is 10.8. The lowest BCUT2D eigenvalue weighted by Crippen LogP contribution is -2.19. The van der Waals surface area contributed by atoms with Crippen LogP contribution in [0.1, 0.15) is 15.2 Å². The van der Waals surface area contributed by atoms with Gasteiger partial charge in [-0.3, -0.25) is 14.6 Å². The molecule has 3 aromatic heterocycles. The highest BCUT2D eigenvalue weighted by molar-refractivity contribution is 7.11. The van der Waals surface area contributed by atoms with Gasteiger partial charge in [-0.15, -0.1) is 22.7 Å². The molecule has 0 aliphatic carbocycles. The molecule has 0 unspecified atom stereocenters. The predicted octanol–water partition coefficient (Wildman–Crippen LogP) is 1.39. The number of thiophene rings is 1. The van der Waals surface area contributed by atoms with Crippen LogP contribution < -0.4 is 14.8 Å². The molecule has 3 rings (SSSR count). The second-order valence-corrected chi connectivity index (χ2v) is 6.25. The molecule has 0 radical (unpaired) electrons. The van der Waals surface area contributed by atoms with Crippen molar-refractivity contribution in [2.45, 2.75) is 0 Å². The third-order valence-corrected chi connectivity index (χ3v) is 4.51. The molecule has 0 aromatic carbocycles. The van der Waals surface area contributed by atoms with E-state index < -0.39 is 0 Å². The fraction of sp³-hybridized carbons (Fsp3) is 0. The Bertz CT molecular complexity index is 922. The number of aromatic amines is 1. The van der Waals surface area contributed by atoms with Gasteiger partial charge in [-0.25, -0.2) is 0 Å². The van der Waals surface area contributed by atoms with Gasteiger partial charge in [-0.1, -0.05) is 6.07 Å². The average Bonchev–Trinajstić information content (AvgIpc) is 3.11. The van der Waals surface area contributed by atoms with E-state index in [4.69, 9.17) is 0 Å². The van der Waals surface area contributed by atoms with Crippen LogP contribution in [-0.2, 0) is 0 Å². The zero-order chi connectivity index (χ0) is 14.7. The van der Waals surface area contributed by atoms with Gasteiger partial charge in [0, 0.05) is 28.9 Å². The maximum atomic E-state index is 12.0. The summed E-state index contributed by atoms with van der Waals surface area (Å²) in [4.78, 5) is 31.5. The van der Waals surface area contributed by atoms with Crippen molar-refractivity contribution in [3.8, 4) is 0 Å². The summed E-state index contributed by atoms with van der Waals surface area (Å²) in [5.41, 5.74) is 0.366. The number of Topliss-reactive ketones (excluding diaryl/α,β-unsaturated/α-hetero) is 1. The van der Waals surface area contributed by atoms with Gasteiger partial charge in [0.25, 0.3) is 5.56 Å². The van der Waals surface area contributed by atoms with Crippen molar-refractivity contribution in [2.75, 3.05) is 0 Å². The topological polar surface area (TPSA) is 62.8 Å². The molecule has 4 nitrogen and oxygen atoms in total. The van der Waals surface area contributed by atoms with Crippen LogP contribution in [0.4, 0.5) is 0 Å². The minimum atomic E-state index is -0.179. The van der Waals surface area contributed by atoms with Crippen LogP contribution in [0.25, 0.3) is 12.2 Å². The lowest BCUT2D eigenvalue weighted by Gasteiger charge is -1.91. The first kappa shape index (κ1) is 13.7. The number of thiazole rings is 1. The molecule has 1 N–H and O–H groups in total. The molecule has 0 saturated carbocycles. The number of rotatable bonds is 3. The van der Waals surface area contributed by atoms with Gasteiger partial charge in [0.05, 0.1) is 9.20 Å². The van der Waals surface area contributed by atoms with Gasteiger partial charge in [0.15, 0.2) is 5.78 Å². The Hall–Kier alpha value is -2.31. The molecule has 0 saturated heterocycles. The number of pyridine rings is 1. The second-order valence-electron chi connectivity index (χ2n) is 4.19. The third-order valence-electron chi connectivity index (χ3n) is 2.72. The third kappa shape index (κ3) is 3.24. The van der Waals surface area contributed by atoms with Crippen molar-refractivity contribution in [1.29, 1.82) is 0 Å². The number of carbonyl (C=O) groups excluding carboxylic acids is 1. The zero-order valence-corrected chi connectivity index (χ0v) is 12.4. The smallest absolute Gasteiger partial charge is 0.266 e. The molecular weight excluding hydrogens is 304 g/mol. The van der Waals surface area contributed by atoms with Crippen LogP contribution in [0.3, 0.4) is 0 Å². The first-order valence-corrected chi connectivity index (χ1v) is 7.82. The van der Waals surface area contributed by atoms with E-state index in [2.05, 4.69) is 9.97 Å². The maximum absolute atomic E-state index is 12.0. The molecule has 21 heavy (non-hydrogen) atoms. The monoisotopic (exact) mass is 314 g/mol. The van der Waals surface area contributed by atoms with Gasteiger partial charge in [0.2, 0.25) is 0 Å². The van der Waals surface area contributed by atoms with Gasteiger partial charge in [-0.2, -0.15) is 0 Å². The van der Waals surface area contributed by atoms with E-state index in [0.29, 0.717) is 14.8 Å². The molecule has 0 aliphatic rings. The largest absolute Gasteiger partial charge is 0.313 e. The van der Waals surface area contributed by atoms with Crippen LogP contribution in [0.2, 0.25) is 0 Å². The molecule has 0 fully saturated rings. The van der Waals surface area contributed by atoms with Crippen molar-refractivity contribution >= 4 is 40.6 Å². The predicted molar refractivity (Wildman–Crippen MR) is 85.1 cm³/mol. The van der Waals surface area contributed by atoms with Gasteiger partial charge >= 0.3 is 0 Å².